The van der Waals surface area contributed by atoms with Crippen molar-refractivity contribution < 1.29 is 4.79 Å². The highest BCUT2D eigenvalue weighted by atomic mass is 16.1. The van der Waals surface area contributed by atoms with E-state index in [1.165, 1.54) is 22.3 Å². The number of aromatic nitrogens is 1. The second kappa shape index (κ2) is 12.4. The molecule has 1 heterocycles. The van der Waals surface area contributed by atoms with Gasteiger partial charge in [-0.3, -0.25) is 9.78 Å². The molecule has 1 amide bonds. The highest BCUT2D eigenvalue weighted by Gasteiger charge is 2.05. The van der Waals surface area contributed by atoms with Gasteiger partial charge in [0.15, 0.2) is 0 Å². The van der Waals surface area contributed by atoms with Gasteiger partial charge in [-0.1, -0.05) is 72.8 Å². The summed E-state index contributed by atoms with van der Waals surface area (Å²) in [5.41, 5.74) is 4.90. The Hall–Kier alpha value is -3.20. The van der Waals surface area contributed by atoms with Gasteiger partial charge in [-0.15, -0.1) is 0 Å². The normalized spacial score (nSPS) is 10.4. The molecule has 3 aromatic rings. The lowest BCUT2D eigenvalue weighted by molar-refractivity contribution is -0.121. The number of allylic oxidation sites excluding steroid dienone is 1. The van der Waals surface area contributed by atoms with Crippen molar-refractivity contribution in [2.45, 2.75) is 38.5 Å². The van der Waals surface area contributed by atoms with Crippen molar-refractivity contribution in [1.29, 1.82) is 0 Å². The van der Waals surface area contributed by atoms with Crippen LogP contribution in [0.2, 0.25) is 0 Å². The first kappa shape index (κ1) is 21.5. The molecule has 0 fully saturated rings. The first-order chi connectivity index (χ1) is 14.8. The molecule has 1 N–H and O–H groups in total. The Morgan fingerprint density at radius 2 is 1.53 bits per heavy atom. The minimum absolute atomic E-state index is 0.144. The van der Waals surface area contributed by atoms with Crippen LogP contribution in [0.3, 0.4) is 0 Å². The van der Waals surface area contributed by atoms with E-state index in [4.69, 9.17) is 0 Å². The van der Waals surface area contributed by atoms with E-state index in [-0.39, 0.29) is 5.91 Å². The van der Waals surface area contributed by atoms with Crippen molar-refractivity contribution in [1.82, 2.24) is 10.3 Å². The number of pyridine rings is 1. The zero-order chi connectivity index (χ0) is 20.9. The van der Waals surface area contributed by atoms with Crippen LogP contribution in [0, 0.1) is 0 Å². The van der Waals surface area contributed by atoms with Crippen LogP contribution in [0.15, 0.2) is 91.3 Å². The molecule has 0 aliphatic heterocycles. The summed E-state index contributed by atoms with van der Waals surface area (Å²) >= 11 is 0. The van der Waals surface area contributed by atoms with Gasteiger partial charge in [0.25, 0.3) is 0 Å². The lowest BCUT2D eigenvalue weighted by atomic mass is 9.96. The van der Waals surface area contributed by atoms with Crippen LogP contribution in [-0.2, 0) is 11.2 Å². The SMILES string of the molecule is O=C(CCCC=C(c1ccccc1)c1ccccc1)NCCCCc1cccnc1. The fourth-order valence-electron chi connectivity index (χ4n) is 3.46. The van der Waals surface area contributed by atoms with Crippen LogP contribution in [0.25, 0.3) is 5.57 Å². The maximum absolute atomic E-state index is 12.1. The molecule has 3 nitrogen and oxygen atoms in total. The summed E-state index contributed by atoms with van der Waals surface area (Å²) in [6.45, 7) is 0.744. The zero-order valence-electron chi connectivity index (χ0n) is 17.5. The molecule has 3 heteroatoms. The minimum atomic E-state index is 0.144. The summed E-state index contributed by atoms with van der Waals surface area (Å²) in [4.78, 5) is 16.2. The fraction of sp³-hybridized carbons (Fsp3) is 0.259. The van der Waals surface area contributed by atoms with Gasteiger partial charge in [-0.25, -0.2) is 0 Å². The van der Waals surface area contributed by atoms with Crippen LogP contribution in [0.5, 0.6) is 0 Å². The highest BCUT2D eigenvalue weighted by Crippen LogP contribution is 2.24. The number of nitrogens with zero attached hydrogens (tertiary/aromatic N) is 1. The number of amides is 1. The minimum Gasteiger partial charge on any atom is -0.356 e. The second-order valence-electron chi connectivity index (χ2n) is 7.41. The third kappa shape index (κ3) is 7.32. The van der Waals surface area contributed by atoms with Crippen molar-refractivity contribution in [3.05, 3.63) is 108 Å². The van der Waals surface area contributed by atoms with Crippen LogP contribution in [-0.4, -0.2) is 17.4 Å². The Kier molecular flexibility index (Phi) is 8.88. The average Bonchev–Trinajstić information content (AvgIpc) is 2.81. The predicted molar refractivity (Wildman–Crippen MR) is 124 cm³/mol. The van der Waals surface area contributed by atoms with Gasteiger partial charge in [-0.2, -0.15) is 0 Å². The van der Waals surface area contributed by atoms with Crippen LogP contribution in [0.1, 0.15) is 48.8 Å². The molecule has 0 bridgehead atoms. The zero-order valence-corrected chi connectivity index (χ0v) is 17.5. The standard InChI is InChI=1S/C27H30N2O/c30-27(29-21-10-9-12-23-13-11-20-28-22-23)19-8-7-18-26(24-14-3-1-4-15-24)25-16-5-2-6-17-25/h1-6,11,13-18,20,22H,7-10,12,19,21H2,(H,29,30). The number of nitrogens with one attached hydrogen (secondary N) is 1. The van der Waals surface area contributed by atoms with E-state index >= 15 is 0 Å². The molecule has 30 heavy (non-hydrogen) atoms. The van der Waals surface area contributed by atoms with Gasteiger partial charge < -0.3 is 5.32 Å². The lowest BCUT2D eigenvalue weighted by Gasteiger charge is -2.09. The number of aryl methyl sites for hydroxylation is 1. The first-order valence-electron chi connectivity index (χ1n) is 10.8. The first-order valence-corrected chi connectivity index (χ1v) is 10.8. The number of rotatable bonds is 11. The summed E-state index contributed by atoms with van der Waals surface area (Å²) in [6, 6.07) is 24.9. The summed E-state index contributed by atoms with van der Waals surface area (Å²) < 4.78 is 0. The average molecular weight is 399 g/mol. The lowest BCUT2D eigenvalue weighted by Crippen LogP contribution is -2.24. The smallest absolute Gasteiger partial charge is 0.220 e. The van der Waals surface area contributed by atoms with Gasteiger partial charge in [0.05, 0.1) is 0 Å². The largest absolute Gasteiger partial charge is 0.356 e. The summed E-state index contributed by atoms with van der Waals surface area (Å²) in [6.07, 6.45) is 11.3. The van der Waals surface area contributed by atoms with Gasteiger partial charge in [0.2, 0.25) is 5.91 Å². The fourth-order valence-corrected chi connectivity index (χ4v) is 3.46. The van der Waals surface area contributed by atoms with Gasteiger partial charge in [0.1, 0.15) is 0 Å². The topological polar surface area (TPSA) is 42.0 Å². The molecule has 0 atom stereocenters. The van der Waals surface area contributed by atoms with Gasteiger partial charge in [0, 0.05) is 25.4 Å². The van der Waals surface area contributed by atoms with E-state index in [1.807, 2.05) is 24.4 Å². The van der Waals surface area contributed by atoms with Crippen molar-refractivity contribution in [3.8, 4) is 0 Å². The van der Waals surface area contributed by atoms with E-state index in [0.29, 0.717) is 6.42 Å². The number of hydrogen-bond donors (Lipinski definition) is 1. The molecule has 0 unspecified atom stereocenters. The van der Waals surface area contributed by atoms with Crippen LogP contribution >= 0.6 is 0 Å². The maximum atomic E-state index is 12.1. The van der Waals surface area contributed by atoms with E-state index < -0.39 is 0 Å². The monoisotopic (exact) mass is 398 g/mol. The van der Waals surface area contributed by atoms with Crippen molar-refractivity contribution in [3.63, 3.8) is 0 Å². The molecule has 0 saturated heterocycles. The Labute approximate surface area is 179 Å². The Morgan fingerprint density at radius 1 is 0.833 bits per heavy atom. The van der Waals surface area contributed by atoms with Crippen LogP contribution in [0.4, 0.5) is 0 Å². The Bertz CT molecular complexity index is 864. The predicted octanol–water partition coefficient (Wildman–Crippen LogP) is 5.82. The quantitative estimate of drug-likeness (QED) is 0.413. The molecule has 3 rings (SSSR count). The third-order valence-corrected chi connectivity index (χ3v) is 5.06. The molecule has 1 aromatic heterocycles. The number of unbranched alkanes of at least 4 members (excludes halogenated alkanes) is 2. The highest BCUT2D eigenvalue weighted by molar-refractivity contribution is 5.80. The maximum Gasteiger partial charge on any atom is 0.220 e. The Balaban J connectivity index is 1.39. The number of benzene rings is 2. The number of carbonyl (C=O) groups is 1. The van der Waals surface area contributed by atoms with E-state index in [2.05, 4.69) is 71.0 Å². The summed E-state index contributed by atoms with van der Waals surface area (Å²) in [5, 5.41) is 3.05. The van der Waals surface area contributed by atoms with Crippen molar-refractivity contribution in [2.24, 2.45) is 0 Å². The van der Waals surface area contributed by atoms with Crippen molar-refractivity contribution in [2.75, 3.05) is 6.54 Å². The molecule has 154 valence electrons. The van der Waals surface area contributed by atoms with Gasteiger partial charge >= 0.3 is 0 Å². The third-order valence-electron chi connectivity index (χ3n) is 5.06. The Morgan fingerprint density at radius 3 is 2.17 bits per heavy atom. The molecule has 2 aromatic carbocycles. The van der Waals surface area contributed by atoms with E-state index in [0.717, 1.165) is 38.6 Å². The number of hydrogen-bond acceptors (Lipinski definition) is 2. The molecule has 0 aliphatic rings. The molecule has 0 radical (unpaired) electrons. The number of carbonyl (C=O) groups excluding carboxylic acids is 1. The molecule has 0 aliphatic carbocycles. The van der Waals surface area contributed by atoms with Crippen LogP contribution < -0.4 is 5.32 Å². The molecular weight excluding hydrogens is 368 g/mol. The van der Waals surface area contributed by atoms with E-state index in [9.17, 15) is 4.79 Å². The molecule has 0 saturated carbocycles. The van der Waals surface area contributed by atoms with E-state index in [1.54, 1.807) is 6.20 Å². The molecular formula is C27H30N2O. The molecule has 0 spiro atoms. The summed E-state index contributed by atoms with van der Waals surface area (Å²) in [5.74, 6) is 0.144. The summed E-state index contributed by atoms with van der Waals surface area (Å²) in [7, 11) is 0. The van der Waals surface area contributed by atoms with Gasteiger partial charge in [-0.05, 0) is 60.4 Å². The van der Waals surface area contributed by atoms with Crippen molar-refractivity contribution >= 4 is 11.5 Å². The second-order valence-corrected chi connectivity index (χ2v) is 7.41.